The summed E-state index contributed by atoms with van der Waals surface area (Å²) in [5, 5.41) is 13.0. The number of rotatable bonds is 3. The zero-order chi connectivity index (χ0) is 14.8. The Hall–Kier alpha value is -2.21. The summed E-state index contributed by atoms with van der Waals surface area (Å²) in [7, 11) is 0. The highest BCUT2D eigenvalue weighted by molar-refractivity contribution is 5.87. The third-order valence-electron chi connectivity index (χ3n) is 3.53. The van der Waals surface area contributed by atoms with E-state index in [9.17, 15) is 9.18 Å². The van der Waals surface area contributed by atoms with E-state index in [1.165, 1.54) is 6.08 Å². The number of nitrogens with zero attached hydrogens (tertiary/aromatic N) is 2. The molecule has 2 aromatic rings. The largest absolute Gasteiger partial charge is 0.478 e. The van der Waals surface area contributed by atoms with E-state index in [0.717, 1.165) is 25.3 Å². The Morgan fingerprint density at radius 1 is 1.48 bits per heavy atom. The van der Waals surface area contributed by atoms with Crippen LogP contribution in [-0.4, -0.2) is 27.5 Å². The van der Waals surface area contributed by atoms with Gasteiger partial charge in [0.1, 0.15) is 0 Å². The minimum atomic E-state index is -1.02. The lowest BCUT2D eigenvalue weighted by Gasteiger charge is -2.23. The molecule has 1 unspecified atom stereocenters. The van der Waals surface area contributed by atoms with Crippen LogP contribution in [0.1, 0.15) is 31.1 Å². The zero-order valence-corrected chi connectivity index (χ0v) is 11.3. The summed E-state index contributed by atoms with van der Waals surface area (Å²) in [4.78, 5) is 10.6. The predicted octanol–water partition coefficient (Wildman–Crippen LogP) is 2.97. The molecule has 1 fully saturated rings. The van der Waals surface area contributed by atoms with Crippen molar-refractivity contribution in [1.82, 2.24) is 9.78 Å². The van der Waals surface area contributed by atoms with Crippen molar-refractivity contribution >= 4 is 22.9 Å². The standard InChI is InChI=1S/C15H15FN2O3/c16-15-11-6-4-10(5-7-14(19)20)9-12(11)18(17-15)13-3-1-2-8-21-13/h4-7,9,13H,1-3,8H2,(H,19,20)/b7-5+. The van der Waals surface area contributed by atoms with Gasteiger partial charge in [0.15, 0.2) is 6.23 Å². The van der Waals surface area contributed by atoms with Crippen LogP contribution in [0.15, 0.2) is 24.3 Å². The van der Waals surface area contributed by atoms with E-state index in [1.807, 2.05) is 0 Å². The Morgan fingerprint density at radius 2 is 2.33 bits per heavy atom. The Morgan fingerprint density at radius 3 is 3.05 bits per heavy atom. The van der Waals surface area contributed by atoms with Crippen LogP contribution < -0.4 is 0 Å². The van der Waals surface area contributed by atoms with Gasteiger partial charge in [0.25, 0.3) is 0 Å². The van der Waals surface area contributed by atoms with E-state index in [4.69, 9.17) is 9.84 Å². The van der Waals surface area contributed by atoms with Crippen molar-refractivity contribution in [2.24, 2.45) is 0 Å². The highest BCUT2D eigenvalue weighted by Gasteiger charge is 2.21. The quantitative estimate of drug-likeness (QED) is 0.883. The third-order valence-corrected chi connectivity index (χ3v) is 3.53. The molecule has 1 atom stereocenters. The van der Waals surface area contributed by atoms with Gasteiger partial charge >= 0.3 is 5.97 Å². The van der Waals surface area contributed by atoms with Crippen LogP contribution in [0.25, 0.3) is 17.0 Å². The molecule has 110 valence electrons. The number of benzene rings is 1. The number of carboxylic acids is 1. The fourth-order valence-corrected chi connectivity index (χ4v) is 2.52. The summed E-state index contributed by atoms with van der Waals surface area (Å²) < 4.78 is 21.1. The first-order valence-electron chi connectivity index (χ1n) is 6.85. The highest BCUT2D eigenvalue weighted by atomic mass is 19.1. The molecule has 1 aromatic heterocycles. The summed E-state index contributed by atoms with van der Waals surface area (Å²) in [6, 6.07) is 5.00. The normalized spacial score (nSPS) is 19.4. The van der Waals surface area contributed by atoms with E-state index in [0.29, 0.717) is 23.1 Å². The lowest BCUT2D eigenvalue weighted by Crippen LogP contribution is -2.19. The number of hydrogen-bond acceptors (Lipinski definition) is 3. The molecule has 0 spiro atoms. The maximum atomic E-state index is 13.9. The van der Waals surface area contributed by atoms with Gasteiger partial charge in [0, 0.05) is 12.7 Å². The monoisotopic (exact) mass is 290 g/mol. The Labute approximate surface area is 120 Å². The van der Waals surface area contributed by atoms with Gasteiger partial charge < -0.3 is 9.84 Å². The Kier molecular flexibility index (Phi) is 3.70. The van der Waals surface area contributed by atoms with Crippen LogP contribution >= 0.6 is 0 Å². The molecule has 5 nitrogen and oxygen atoms in total. The van der Waals surface area contributed by atoms with Crippen LogP contribution in [0.4, 0.5) is 4.39 Å². The number of halogens is 1. The minimum absolute atomic E-state index is 0.260. The maximum absolute atomic E-state index is 13.9. The molecule has 1 saturated heterocycles. The van der Waals surface area contributed by atoms with Crippen LogP contribution in [-0.2, 0) is 9.53 Å². The van der Waals surface area contributed by atoms with E-state index < -0.39 is 11.9 Å². The first-order chi connectivity index (χ1) is 10.1. The van der Waals surface area contributed by atoms with Gasteiger partial charge in [-0.3, -0.25) is 0 Å². The molecule has 1 aliphatic rings. The summed E-state index contributed by atoms with van der Waals surface area (Å²) in [6.45, 7) is 0.645. The average molecular weight is 290 g/mol. The SMILES string of the molecule is O=C(O)/C=C/c1ccc2c(F)nn(C3CCCCO3)c2c1. The molecule has 2 heterocycles. The smallest absolute Gasteiger partial charge is 0.328 e. The highest BCUT2D eigenvalue weighted by Crippen LogP contribution is 2.28. The van der Waals surface area contributed by atoms with E-state index in [-0.39, 0.29) is 6.23 Å². The fourth-order valence-electron chi connectivity index (χ4n) is 2.52. The molecular formula is C15H15FN2O3. The summed E-state index contributed by atoms with van der Waals surface area (Å²) in [6.07, 6.45) is 5.08. The number of aromatic nitrogens is 2. The first-order valence-corrected chi connectivity index (χ1v) is 6.85. The number of carbonyl (C=O) groups is 1. The lowest BCUT2D eigenvalue weighted by atomic mass is 10.1. The van der Waals surface area contributed by atoms with Gasteiger partial charge in [-0.05, 0) is 43.0 Å². The number of ether oxygens (including phenoxy) is 1. The predicted molar refractivity (Wildman–Crippen MR) is 75.2 cm³/mol. The second kappa shape index (κ2) is 5.65. The van der Waals surface area contributed by atoms with Gasteiger partial charge in [0.05, 0.1) is 10.9 Å². The van der Waals surface area contributed by atoms with Gasteiger partial charge in [-0.25, -0.2) is 9.48 Å². The number of carboxylic acid groups (broad SMARTS) is 1. The maximum Gasteiger partial charge on any atom is 0.328 e. The molecule has 0 radical (unpaired) electrons. The van der Waals surface area contributed by atoms with Crippen LogP contribution in [0.2, 0.25) is 0 Å². The second-order valence-electron chi connectivity index (χ2n) is 5.00. The number of aliphatic carboxylic acids is 1. The van der Waals surface area contributed by atoms with Gasteiger partial charge in [-0.15, -0.1) is 5.10 Å². The average Bonchev–Trinajstić information content (AvgIpc) is 2.83. The summed E-state index contributed by atoms with van der Waals surface area (Å²) in [5.74, 6) is -1.56. The van der Waals surface area contributed by atoms with Crippen LogP contribution in [0.5, 0.6) is 0 Å². The molecule has 0 saturated carbocycles. The van der Waals surface area contributed by atoms with E-state index in [2.05, 4.69) is 5.10 Å². The summed E-state index contributed by atoms with van der Waals surface area (Å²) in [5.41, 5.74) is 1.30. The lowest BCUT2D eigenvalue weighted by molar-refractivity contribution is -0.131. The molecular weight excluding hydrogens is 275 g/mol. The van der Waals surface area contributed by atoms with Crippen molar-refractivity contribution in [3.63, 3.8) is 0 Å². The molecule has 21 heavy (non-hydrogen) atoms. The van der Waals surface area contributed by atoms with Crippen molar-refractivity contribution in [2.75, 3.05) is 6.61 Å². The number of hydrogen-bond donors (Lipinski definition) is 1. The van der Waals surface area contributed by atoms with Crippen molar-refractivity contribution < 1.29 is 19.0 Å². The summed E-state index contributed by atoms with van der Waals surface area (Å²) >= 11 is 0. The minimum Gasteiger partial charge on any atom is -0.478 e. The number of fused-ring (bicyclic) bond motifs is 1. The van der Waals surface area contributed by atoms with Crippen LogP contribution in [0, 0.1) is 5.95 Å². The zero-order valence-electron chi connectivity index (χ0n) is 11.3. The molecule has 1 N–H and O–H groups in total. The van der Waals surface area contributed by atoms with Crippen molar-refractivity contribution in [3.05, 3.63) is 35.8 Å². The first kappa shape index (κ1) is 13.8. The second-order valence-corrected chi connectivity index (χ2v) is 5.00. The molecule has 1 aliphatic heterocycles. The van der Waals surface area contributed by atoms with E-state index >= 15 is 0 Å². The van der Waals surface area contributed by atoms with Gasteiger partial charge in [-0.2, -0.15) is 4.39 Å². The van der Waals surface area contributed by atoms with Gasteiger partial charge in [0.2, 0.25) is 5.95 Å². The Bertz CT molecular complexity index is 702. The molecule has 0 aliphatic carbocycles. The van der Waals surface area contributed by atoms with Crippen molar-refractivity contribution in [2.45, 2.75) is 25.5 Å². The third kappa shape index (κ3) is 2.80. The Balaban J connectivity index is 2.03. The fraction of sp³-hybridized carbons (Fsp3) is 0.333. The molecule has 0 amide bonds. The molecule has 0 bridgehead atoms. The van der Waals surface area contributed by atoms with Gasteiger partial charge in [-0.1, -0.05) is 6.07 Å². The van der Waals surface area contributed by atoms with Crippen molar-refractivity contribution in [3.8, 4) is 0 Å². The van der Waals surface area contributed by atoms with E-state index in [1.54, 1.807) is 22.9 Å². The molecule has 1 aromatic carbocycles. The molecule has 6 heteroatoms. The van der Waals surface area contributed by atoms with Crippen molar-refractivity contribution in [1.29, 1.82) is 0 Å². The van der Waals surface area contributed by atoms with Crippen LogP contribution in [0.3, 0.4) is 0 Å². The molecule has 3 rings (SSSR count). The topological polar surface area (TPSA) is 64.3 Å².